The topological polar surface area (TPSA) is 128 Å². The smallest absolute Gasteiger partial charge is 0.371 e. The zero-order chi connectivity index (χ0) is 19.0. The van der Waals surface area contributed by atoms with Crippen molar-refractivity contribution in [1.29, 1.82) is 0 Å². The number of carbonyl (C=O) groups is 2. The number of nitrogens with two attached hydrogens (primary N) is 1. The van der Waals surface area contributed by atoms with E-state index in [2.05, 4.69) is 4.98 Å². The molecule has 0 unspecified atom stereocenters. The lowest BCUT2D eigenvalue weighted by Crippen LogP contribution is -2.26. The van der Waals surface area contributed by atoms with Crippen molar-refractivity contribution in [3.05, 3.63) is 50.3 Å². The molecule has 26 heavy (non-hydrogen) atoms. The predicted molar refractivity (Wildman–Crippen MR) is 95.9 cm³/mol. The highest BCUT2D eigenvalue weighted by atomic mass is 32.1. The monoisotopic (exact) mass is 375 g/mol. The van der Waals surface area contributed by atoms with Gasteiger partial charge in [0.1, 0.15) is 16.4 Å². The number of carboxylic acids is 1. The lowest BCUT2D eigenvalue weighted by Gasteiger charge is -2.10. The molecule has 3 aromatic heterocycles. The molecule has 0 aromatic carbocycles. The van der Waals surface area contributed by atoms with Crippen molar-refractivity contribution in [3.63, 3.8) is 0 Å². The van der Waals surface area contributed by atoms with Gasteiger partial charge >= 0.3 is 5.97 Å². The van der Waals surface area contributed by atoms with E-state index >= 15 is 0 Å². The summed E-state index contributed by atoms with van der Waals surface area (Å²) in [4.78, 5) is 40.9. The Labute approximate surface area is 151 Å². The van der Waals surface area contributed by atoms with Crippen LogP contribution in [0.3, 0.4) is 0 Å². The number of hydrogen-bond acceptors (Lipinski definition) is 6. The number of aromatic nitrogens is 2. The van der Waals surface area contributed by atoms with Crippen LogP contribution in [0.4, 0.5) is 0 Å². The van der Waals surface area contributed by atoms with E-state index in [1.165, 1.54) is 16.7 Å². The maximum Gasteiger partial charge on any atom is 0.371 e. The molecule has 1 amide bonds. The Kier molecular flexibility index (Phi) is 4.64. The maximum atomic E-state index is 13.0. The molecule has 9 heteroatoms. The summed E-state index contributed by atoms with van der Waals surface area (Å²) < 4.78 is 6.72. The Morgan fingerprint density at radius 3 is 2.69 bits per heavy atom. The average molecular weight is 375 g/mol. The number of aryl methyl sites for hydroxylation is 2. The summed E-state index contributed by atoms with van der Waals surface area (Å²) in [5.41, 5.74) is 5.60. The zero-order valence-electron chi connectivity index (χ0n) is 14.2. The standard InChI is InChI=1S/C17H17N3O5S/c1-3-4-11-19-15-12(8(2)13(26-15)14(18)21)16(22)20(11)7-9-5-6-10(25-9)17(23)24/h5-6H,3-4,7H2,1-2H3,(H2,18,21)(H,23,24). The van der Waals surface area contributed by atoms with Gasteiger partial charge in [-0.25, -0.2) is 9.78 Å². The first kappa shape index (κ1) is 17.9. The lowest BCUT2D eigenvalue weighted by atomic mass is 10.2. The highest BCUT2D eigenvalue weighted by Gasteiger charge is 2.21. The molecule has 0 fully saturated rings. The minimum absolute atomic E-state index is 0.0611. The van der Waals surface area contributed by atoms with Crippen LogP contribution in [0.1, 0.15) is 50.7 Å². The van der Waals surface area contributed by atoms with Gasteiger partial charge in [0.05, 0.1) is 16.8 Å². The first-order chi connectivity index (χ1) is 12.3. The molecule has 0 aliphatic heterocycles. The van der Waals surface area contributed by atoms with Gasteiger partial charge < -0.3 is 15.3 Å². The molecule has 0 atom stereocenters. The van der Waals surface area contributed by atoms with Gasteiger partial charge in [-0.05, 0) is 31.0 Å². The molecule has 0 saturated heterocycles. The molecule has 0 saturated carbocycles. The Bertz CT molecular complexity index is 1080. The van der Waals surface area contributed by atoms with Crippen LogP contribution in [-0.4, -0.2) is 26.5 Å². The molecule has 3 aromatic rings. The normalized spacial score (nSPS) is 11.2. The van der Waals surface area contributed by atoms with Crippen molar-refractivity contribution >= 4 is 33.4 Å². The van der Waals surface area contributed by atoms with E-state index in [1.807, 2.05) is 6.92 Å². The molecule has 8 nitrogen and oxygen atoms in total. The number of carbonyl (C=O) groups excluding carboxylic acids is 1. The molecular formula is C17H17N3O5S. The summed E-state index contributed by atoms with van der Waals surface area (Å²) in [5, 5.41) is 9.33. The SMILES string of the molecule is CCCc1nc2sc(C(N)=O)c(C)c2c(=O)n1Cc1ccc(C(=O)O)o1. The van der Waals surface area contributed by atoms with E-state index in [0.717, 1.165) is 17.8 Å². The van der Waals surface area contributed by atoms with Gasteiger partial charge in [-0.1, -0.05) is 6.92 Å². The first-order valence-electron chi connectivity index (χ1n) is 7.98. The predicted octanol–water partition coefficient (Wildman–Crippen LogP) is 2.16. The molecule has 3 N–H and O–H groups in total. The average Bonchev–Trinajstić information content (AvgIpc) is 3.16. The van der Waals surface area contributed by atoms with E-state index in [1.54, 1.807) is 6.92 Å². The highest BCUT2D eigenvalue weighted by Crippen LogP contribution is 2.27. The Hall–Kier alpha value is -2.94. The summed E-state index contributed by atoms with van der Waals surface area (Å²) >= 11 is 1.11. The van der Waals surface area contributed by atoms with Crippen molar-refractivity contribution < 1.29 is 19.1 Å². The molecular weight excluding hydrogens is 358 g/mol. The number of rotatable bonds is 6. The third-order valence-electron chi connectivity index (χ3n) is 4.01. The van der Waals surface area contributed by atoms with Gasteiger partial charge in [0.25, 0.3) is 11.5 Å². The number of amides is 1. The summed E-state index contributed by atoms with van der Waals surface area (Å²) in [6.45, 7) is 3.69. The molecule has 0 radical (unpaired) electrons. The Morgan fingerprint density at radius 2 is 2.12 bits per heavy atom. The van der Waals surface area contributed by atoms with Gasteiger partial charge in [0, 0.05) is 6.42 Å². The van der Waals surface area contributed by atoms with Crippen molar-refractivity contribution in [3.8, 4) is 0 Å². The molecule has 0 aliphatic rings. The minimum Gasteiger partial charge on any atom is -0.475 e. The van der Waals surface area contributed by atoms with E-state index in [9.17, 15) is 14.4 Å². The second-order valence-electron chi connectivity index (χ2n) is 5.84. The van der Waals surface area contributed by atoms with E-state index in [-0.39, 0.29) is 17.9 Å². The van der Waals surface area contributed by atoms with Gasteiger partial charge in [-0.2, -0.15) is 0 Å². The van der Waals surface area contributed by atoms with Crippen LogP contribution in [0.25, 0.3) is 10.2 Å². The second kappa shape index (κ2) is 6.75. The van der Waals surface area contributed by atoms with Crippen molar-refractivity contribution in [2.45, 2.75) is 33.2 Å². The van der Waals surface area contributed by atoms with Gasteiger partial charge in [-0.15, -0.1) is 11.3 Å². The van der Waals surface area contributed by atoms with Crippen molar-refractivity contribution in [1.82, 2.24) is 9.55 Å². The number of thiophene rings is 1. The molecule has 3 rings (SSSR count). The number of nitrogens with zero attached hydrogens (tertiary/aromatic N) is 2. The Balaban J connectivity index is 2.18. The largest absolute Gasteiger partial charge is 0.475 e. The number of carboxylic acid groups (broad SMARTS) is 1. The minimum atomic E-state index is -1.18. The fraction of sp³-hybridized carbons (Fsp3) is 0.294. The molecule has 3 heterocycles. The van der Waals surface area contributed by atoms with Crippen LogP contribution in [0.15, 0.2) is 21.3 Å². The second-order valence-corrected chi connectivity index (χ2v) is 6.84. The molecule has 136 valence electrons. The van der Waals surface area contributed by atoms with Crippen LogP contribution in [0, 0.1) is 6.92 Å². The van der Waals surface area contributed by atoms with Gasteiger partial charge in [0.15, 0.2) is 0 Å². The lowest BCUT2D eigenvalue weighted by molar-refractivity contribution is 0.0660. The number of fused-ring (bicyclic) bond motifs is 1. The molecule has 0 bridgehead atoms. The van der Waals surface area contributed by atoms with Crippen molar-refractivity contribution in [2.24, 2.45) is 5.73 Å². The zero-order valence-corrected chi connectivity index (χ0v) is 15.1. The van der Waals surface area contributed by atoms with Gasteiger partial charge in [-0.3, -0.25) is 14.2 Å². The number of furan rings is 1. The van der Waals surface area contributed by atoms with E-state index < -0.39 is 11.9 Å². The van der Waals surface area contributed by atoms with Crippen LogP contribution in [-0.2, 0) is 13.0 Å². The van der Waals surface area contributed by atoms with Crippen LogP contribution in [0.2, 0.25) is 0 Å². The summed E-state index contributed by atoms with van der Waals surface area (Å²) in [6.07, 6.45) is 1.32. The van der Waals surface area contributed by atoms with Gasteiger partial charge in [0.2, 0.25) is 5.76 Å². The molecule has 0 aliphatic carbocycles. The summed E-state index contributed by atoms with van der Waals surface area (Å²) in [5.74, 6) is -1.07. The van der Waals surface area contributed by atoms with Crippen LogP contribution in [0.5, 0.6) is 0 Å². The third-order valence-corrected chi connectivity index (χ3v) is 5.21. The fourth-order valence-electron chi connectivity index (χ4n) is 2.80. The summed E-state index contributed by atoms with van der Waals surface area (Å²) in [7, 11) is 0. The number of primary amides is 1. The Morgan fingerprint density at radius 1 is 1.38 bits per heavy atom. The van der Waals surface area contributed by atoms with Crippen LogP contribution >= 0.6 is 11.3 Å². The van der Waals surface area contributed by atoms with Crippen LogP contribution < -0.4 is 11.3 Å². The van der Waals surface area contributed by atoms with E-state index in [4.69, 9.17) is 15.3 Å². The fourth-order valence-corrected chi connectivity index (χ4v) is 3.85. The van der Waals surface area contributed by atoms with Crippen molar-refractivity contribution in [2.75, 3.05) is 0 Å². The first-order valence-corrected chi connectivity index (χ1v) is 8.79. The highest BCUT2D eigenvalue weighted by molar-refractivity contribution is 7.20. The number of hydrogen-bond donors (Lipinski definition) is 2. The molecule has 0 spiro atoms. The quantitative estimate of drug-likeness (QED) is 0.679. The van der Waals surface area contributed by atoms with E-state index in [0.29, 0.717) is 38.7 Å². The third kappa shape index (κ3) is 3.01. The maximum absolute atomic E-state index is 13.0. The summed E-state index contributed by atoms with van der Waals surface area (Å²) in [6, 6.07) is 2.86. The number of aromatic carboxylic acids is 1.